The SMILES string of the molecule is Cc1ccc(S(=O)(=O)Nc2cc(S(=O)(=O)O)cc3cc(S(=O)(=O)O)c(Nc4ccc(Oc5ccccc5C)cc4Oc4ccccc4C)c(O)c23)cc1. The Morgan fingerprint density at radius 2 is 1.19 bits per heavy atom. The van der Waals surface area contributed by atoms with E-state index in [0.29, 0.717) is 17.2 Å². The lowest BCUT2D eigenvalue weighted by atomic mass is 10.1. The number of hydrogen-bond acceptors (Lipinski definition) is 10. The first-order chi connectivity index (χ1) is 24.9. The summed E-state index contributed by atoms with van der Waals surface area (Å²) in [5.74, 6) is 0.498. The topological polar surface area (TPSA) is 206 Å². The molecule has 0 aliphatic heterocycles. The van der Waals surface area contributed by atoms with E-state index >= 15 is 0 Å². The standard InChI is InChI=1S/C37H32N2O11S3/c1-22-12-15-27(16-13-22)51(41,42)39-30-21-28(52(43,44)45)18-25-19-34(53(46,47)48)36(37(40)35(25)30)38-29-17-14-26(49-31-10-6-4-8-23(31)2)20-33(29)50-32-11-7-5-9-24(32)3/h4-21,38-40H,1-3H3,(H,43,44,45)(H,46,47,48). The van der Waals surface area contributed by atoms with Gasteiger partial charge in [-0.1, -0.05) is 54.1 Å². The summed E-state index contributed by atoms with van der Waals surface area (Å²) >= 11 is 0. The van der Waals surface area contributed by atoms with E-state index in [0.717, 1.165) is 34.9 Å². The summed E-state index contributed by atoms with van der Waals surface area (Å²) < 4.78 is 112. The quantitative estimate of drug-likeness (QED) is 0.0625. The molecule has 0 saturated carbocycles. The highest BCUT2D eigenvalue weighted by atomic mass is 32.2. The molecule has 13 nitrogen and oxygen atoms in total. The maximum absolute atomic E-state index is 13.5. The summed E-state index contributed by atoms with van der Waals surface area (Å²) in [7, 11) is -14.6. The van der Waals surface area contributed by atoms with Crippen LogP contribution in [0.25, 0.3) is 10.8 Å². The molecule has 16 heteroatoms. The number of aromatic hydroxyl groups is 1. The number of ether oxygens (including phenoxy) is 2. The van der Waals surface area contributed by atoms with Gasteiger partial charge in [-0.05, 0) is 91.9 Å². The average Bonchev–Trinajstić information content (AvgIpc) is 3.08. The van der Waals surface area contributed by atoms with Crippen molar-refractivity contribution in [1.29, 1.82) is 0 Å². The smallest absolute Gasteiger partial charge is 0.296 e. The molecule has 6 rings (SSSR count). The van der Waals surface area contributed by atoms with Gasteiger partial charge in [0.25, 0.3) is 30.3 Å². The molecule has 0 amide bonds. The minimum atomic E-state index is -5.18. The highest BCUT2D eigenvalue weighted by molar-refractivity contribution is 7.92. The fourth-order valence-electron chi connectivity index (χ4n) is 5.42. The number of fused-ring (bicyclic) bond motifs is 1. The first kappa shape index (κ1) is 37.1. The number of para-hydroxylation sites is 2. The molecular formula is C37H32N2O11S3. The van der Waals surface area contributed by atoms with Gasteiger partial charge in [0.15, 0.2) is 5.75 Å². The Morgan fingerprint density at radius 1 is 0.585 bits per heavy atom. The van der Waals surface area contributed by atoms with Crippen molar-refractivity contribution in [1.82, 2.24) is 0 Å². The summed E-state index contributed by atoms with van der Waals surface area (Å²) in [5.41, 5.74) is 1.28. The molecule has 0 saturated heterocycles. The molecule has 0 atom stereocenters. The van der Waals surface area contributed by atoms with E-state index < -0.39 is 57.2 Å². The zero-order valence-electron chi connectivity index (χ0n) is 28.2. The molecule has 0 bridgehead atoms. The van der Waals surface area contributed by atoms with Crippen molar-refractivity contribution in [2.24, 2.45) is 0 Å². The van der Waals surface area contributed by atoms with Crippen LogP contribution in [0, 0.1) is 20.8 Å². The van der Waals surface area contributed by atoms with Crippen molar-refractivity contribution < 1.29 is 48.9 Å². The fourth-order valence-corrected chi connectivity index (χ4v) is 7.71. The molecular weight excluding hydrogens is 745 g/mol. The number of benzene rings is 6. The summed E-state index contributed by atoms with van der Waals surface area (Å²) in [4.78, 5) is -1.96. The van der Waals surface area contributed by atoms with Crippen LogP contribution in [0.15, 0.2) is 124 Å². The van der Waals surface area contributed by atoms with Gasteiger partial charge in [-0.15, -0.1) is 0 Å². The summed E-state index contributed by atoms with van der Waals surface area (Å²) in [6.45, 7) is 5.42. The number of phenols is 1. The lowest BCUT2D eigenvalue weighted by Crippen LogP contribution is -2.14. The Labute approximate surface area is 306 Å². The molecule has 53 heavy (non-hydrogen) atoms. The van der Waals surface area contributed by atoms with Crippen molar-refractivity contribution in [2.75, 3.05) is 10.0 Å². The normalized spacial score (nSPS) is 12.0. The van der Waals surface area contributed by atoms with Crippen LogP contribution in [0.4, 0.5) is 17.1 Å². The van der Waals surface area contributed by atoms with Gasteiger partial charge in [-0.3, -0.25) is 13.8 Å². The Bertz CT molecular complexity index is 2730. The molecule has 0 aromatic heterocycles. The van der Waals surface area contributed by atoms with E-state index in [1.165, 1.54) is 36.4 Å². The Hall–Kier alpha value is -5.65. The van der Waals surface area contributed by atoms with Gasteiger partial charge in [0.2, 0.25) is 0 Å². The van der Waals surface area contributed by atoms with Crippen molar-refractivity contribution in [3.63, 3.8) is 0 Å². The van der Waals surface area contributed by atoms with E-state index in [9.17, 15) is 39.5 Å². The number of anilines is 3. The van der Waals surface area contributed by atoms with Gasteiger partial charge in [-0.2, -0.15) is 16.8 Å². The third-order valence-corrected chi connectivity index (χ3v) is 11.2. The van der Waals surface area contributed by atoms with Crippen LogP contribution in [0.2, 0.25) is 0 Å². The number of sulfonamides is 1. The second-order valence-corrected chi connectivity index (χ2v) is 16.5. The van der Waals surface area contributed by atoms with E-state index in [2.05, 4.69) is 10.0 Å². The largest absolute Gasteiger partial charge is 0.505 e. The van der Waals surface area contributed by atoms with Crippen LogP contribution in [-0.4, -0.2) is 39.5 Å². The molecule has 5 N–H and O–H groups in total. The Morgan fingerprint density at radius 3 is 1.77 bits per heavy atom. The Kier molecular flexibility index (Phi) is 9.84. The maximum Gasteiger partial charge on any atom is 0.296 e. The van der Waals surface area contributed by atoms with Crippen molar-refractivity contribution in [2.45, 2.75) is 35.5 Å². The highest BCUT2D eigenvalue weighted by Gasteiger charge is 2.28. The predicted octanol–water partition coefficient (Wildman–Crippen LogP) is 8.09. The second-order valence-electron chi connectivity index (χ2n) is 12.1. The molecule has 6 aromatic carbocycles. The van der Waals surface area contributed by atoms with Crippen molar-refractivity contribution >= 4 is 58.1 Å². The molecule has 0 spiro atoms. The molecule has 0 unspecified atom stereocenters. The van der Waals surface area contributed by atoms with Gasteiger partial charge in [0, 0.05) is 6.07 Å². The summed E-state index contributed by atoms with van der Waals surface area (Å²) in [6.07, 6.45) is 0. The molecule has 0 fully saturated rings. The molecule has 0 aliphatic rings. The number of hydrogen-bond donors (Lipinski definition) is 5. The molecule has 0 heterocycles. The maximum atomic E-state index is 13.5. The van der Waals surface area contributed by atoms with E-state index in [4.69, 9.17) is 9.47 Å². The van der Waals surface area contributed by atoms with Gasteiger partial charge in [0.05, 0.1) is 26.6 Å². The van der Waals surface area contributed by atoms with Crippen LogP contribution in [0.5, 0.6) is 28.7 Å². The minimum Gasteiger partial charge on any atom is -0.505 e. The van der Waals surface area contributed by atoms with Crippen molar-refractivity contribution in [3.05, 3.63) is 126 Å². The minimum absolute atomic E-state index is 0.0706. The van der Waals surface area contributed by atoms with Gasteiger partial charge in [-0.25, -0.2) is 8.42 Å². The fraction of sp³-hybridized carbons (Fsp3) is 0.0811. The Balaban J connectivity index is 1.55. The lowest BCUT2D eigenvalue weighted by molar-refractivity contribution is 0.457. The van der Waals surface area contributed by atoms with Crippen LogP contribution in [0.1, 0.15) is 16.7 Å². The first-order valence-corrected chi connectivity index (χ1v) is 20.0. The van der Waals surface area contributed by atoms with Crippen LogP contribution < -0.4 is 19.5 Å². The number of phenolic OH excluding ortho intramolecular Hbond substituents is 1. The van der Waals surface area contributed by atoms with Gasteiger partial charge in [0.1, 0.15) is 33.6 Å². The first-order valence-electron chi connectivity index (χ1n) is 15.7. The third-order valence-electron chi connectivity index (χ3n) is 8.15. The van der Waals surface area contributed by atoms with Crippen LogP contribution >= 0.6 is 0 Å². The third kappa shape index (κ3) is 8.06. The number of nitrogens with one attached hydrogen (secondary N) is 2. The zero-order valence-corrected chi connectivity index (χ0v) is 30.7. The van der Waals surface area contributed by atoms with Crippen LogP contribution in [-0.2, 0) is 30.3 Å². The van der Waals surface area contributed by atoms with E-state index in [1.807, 2.05) is 38.1 Å². The highest BCUT2D eigenvalue weighted by Crippen LogP contribution is 2.47. The van der Waals surface area contributed by atoms with E-state index in [-0.39, 0.29) is 27.1 Å². The molecule has 274 valence electrons. The summed E-state index contributed by atoms with van der Waals surface area (Å²) in [6, 6.07) is 27.0. The second kappa shape index (κ2) is 14.1. The molecule has 0 aliphatic carbocycles. The predicted molar refractivity (Wildman–Crippen MR) is 199 cm³/mol. The van der Waals surface area contributed by atoms with Gasteiger partial charge < -0.3 is 19.9 Å². The molecule has 0 radical (unpaired) electrons. The van der Waals surface area contributed by atoms with Gasteiger partial charge >= 0.3 is 0 Å². The number of aryl methyl sites for hydroxylation is 3. The monoisotopic (exact) mass is 776 g/mol. The van der Waals surface area contributed by atoms with E-state index in [1.54, 1.807) is 37.3 Å². The zero-order chi connectivity index (χ0) is 38.3. The number of rotatable bonds is 11. The van der Waals surface area contributed by atoms with Crippen molar-refractivity contribution in [3.8, 4) is 28.7 Å². The molecule has 6 aromatic rings. The average molecular weight is 777 g/mol. The van der Waals surface area contributed by atoms with Crippen LogP contribution in [0.3, 0.4) is 0 Å². The lowest BCUT2D eigenvalue weighted by Gasteiger charge is -2.20. The summed E-state index contributed by atoms with van der Waals surface area (Å²) in [5, 5.41) is 13.9.